The Balaban J connectivity index is 1.54. The molecule has 2 N–H and O–H groups in total. The van der Waals surface area contributed by atoms with Crippen molar-refractivity contribution in [2.24, 2.45) is 5.92 Å². The van der Waals surface area contributed by atoms with Crippen molar-refractivity contribution in [1.29, 1.82) is 0 Å². The molecule has 0 bridgehead atoms. The monoisotopic (exact) mass is 449 g/mol. The summed E-state index contributed by atoms with van der Waals surface area (Å²) < 4.78 is 37.7. The van der Waals surface area contributed by atoms with Crippen molar-refractivity contribution in [3.8, 4) is 5.75 Å². The quantitative estimate of drug-likeness (QED) is 0.689. The van der Waals surface area contributed by atoms with Crippen molar-refractivity contribution >= 4 is 21.7 Å². The van der Waals surface area contributed by atoms with Crippen LogP contribution in [0.2, 0.25) is 0 Å². The van der Waals surface area contributed by atoms with E-state index in [2.05, 4.69) is 20.2 Å². The molecule has 0 spiro atoms. The van der Waals surface area contributed by atoms with Crippen LogP contribution in [0.1, 0.15) is 31.5 Å². The van der Waals surface area contributed by atoms with Gasteiger partial charge in [-0.15, -0.1) is 0 Å². The molecule has 1 aromatic carbocycles. The summed E-state index contributed by atoms with van der Waals surface area (Å²) in [6.45, 7) is 4.20. The minimum absolute atomic E-state index is 0.00738. The van der Waals surface area contributed by atoms with Crippen molar-refractivity contribution in [2.45, 2.75) is 38.1 Å². The van der Waals surface area contributed by atoms with Crippen LogP contribution >= 0.6 is 0 Å². The number of hydrogen-bond donors (Lipinski definition) is 2. The van der Waals surface area contributed by atoms with Crippen LogP contribution in [-0.2, 0) is 15.4 Å². The standard InChI is InChI=1S/C20H27N5O5S/c1-4-31(27,28)24-16-8-14-11-25(12-20(14,10-16)18-21-13(2)23-30-18)19(26)22-15-6-5-7-17(9-15)29-3/h5-7,9,14,16,24H,4,8,10-12H2,1-3H3,(H,22,26). The highest BCUT2D eigenvalue weighted by Crippen LogP contribution is 2.50. The van der Waals surface area contributed by atoms with Gasteiger partial charge in [-0.3, -0.25) is 0 Å². The third-order valence-electron chi connectivity index (χ3n) is 6.16. The number of carbonyl (C=O) groups excluding carboxylic acids is 1. The van der Waals surface area contributed by atoms with Gasteiger partial charge in [-0.2, -0.15) is 4.98 Å². The molecule has 2 aliphatic rings. The summed E-state index contributed by atoms with van der Waals surface area (Å²) in [6, 6.07) is 6.70. The summed E-state index contributed by atoms with van der Waals surface area (Å²) in [4.78, 5) is 19.2. The summed E-state index contributed by atoms with van der Waals surface area (Å²) in [5.41, 5.74) is 0.0612. The van der Waals surface area contributed by atoms with E-state index in [9.17, 15) is 13.2 Å². The van der Waals surface area contributed by atoms with Crippen molar-refractivity contribution in [3.63, 3.8) is 0 Å². The number of rotatable bonds is 6. The average molecular weight is 450 g/mol. The zero-order valence-corrected chi connectivity index (χ0v) is 18.6. The van der Waals surface area contributed by atoms with Crippen molar-refractivity contribution < 1.29 is 22.5 Å². The van der Waals surface area contributed by atoms with Crippen LogP contribution in [0.3, 0.4) is 0 Å². The van der Waals surface area contributed by atoms with Crippen LogP contribution in [-0.4, -0.2) is 61.5 Å². The van der Waals surface area contributed by atoms with Crippen LogP contribution in [0.15, 0.2) is 28.8 Å². The molecule has 3 unspecified atom stereocenters. The third kappa shape index (κ3) is 4.24. The number of urea groups is 1. The molecule has 3 atom stereocenters. The molecule has 1 aromatic heterocycles. The van der Waals surface area contributed by atoms with Crippen LogP contribution in [0.4, 0.5) is 10.5 Å². The predicted octanol–water partition coefficient (Wildman–Crippen LogP) is 1.89. The number of benzene rings is 1. The summed E-state index contributed by atoms with van der Waals surface area (Å²) in [7, 11) is -1.76. The molecule has 1 saturated carbocycles. The molecule has 10 nitrogen and oxygen atoms in total. The molecule has 31 heavy (non-hydrogen) atoms. The second-order valence-electron chi connectivity index (χ2n) is 8.20. The van der Waals surface area contributed by atoms with Crippen molar-refractivity contribution in [1.82, 2.24) is 19.8 Å². The van der Waals surface area contributed by atoms with E-state index in [0.29, 0.717) is 49.1 Å². The Morgan fingerprint density at radius 2 is 2.23 bits per heavy atom. The van der Waals surface area contributed by atoms with Gasteiger partial charge >= 0.3 is 6.03 Å². The molecule has 0 radical (unpaired) electrons. The molecule has 1 saturated heterocycles. The number of nitrogens with one attached hydrogen (secondary N) is 2. The normalized spacial score (nSPS) is 25.5. The van der Waals surface area contributed by atoms with Gasteiger partial charge in [0.05, 0.1) is 18.3 Å². The largest absolute Gasteiger partial charge is 0.497 e. The first-order valence-corrected chi connectivity index (χ1v) is 11.9. The number of aromatic nitrogens is 2. The number of aryl methyl sites for hydroxylation is 1. The molecule has 2 aromatic rings. The number of fused-ring (bicyclic) bond motifs is 1. The Labute approximate surface area is 181 Å². The van der Waals surface area contributed by atoms with E-state index < -0.39 is 15.4 Å². The summed E-state index contributed by atoms with van der Waals surface area (Å²) in [5, 5.41) is 6.84. The number of nitrogens with zero attached hydrogens (tertiary/aromatic N) is 3. The summed E-state index contributed by atoms with van der Waals surface area (Å²) in [5.74, 6) is 1.66. The van der Waals surface area contributed by atoms with Gasteiger partial charge in [-0.25, -0.2) is 17.9 Å². The highest BCUT2D eigenvalue weighted by Gasteiger charge is 2.58. The first-order valence-electron chi connectivity index (χ1n) is 10.3. The van der Waals surface area contributed by atoms with E-state index in [1.165, 1.54) is 0 Å². The highest BCUT2D eigenvalue weighted by molar-refractivity contribution is 7.89. The lowest BCUT2D eigenvalue weighted by molar-refractivity contribution is 0.212. The summed E-state index contributed by atoms with van der Waals surface area (Å²) >= 11 is 0. The number of carbonyl (C=O) groups is 1. The number of likely N-dealkylation sites (tertiary alicyclic amines) is 1. The topological polar surface area (TPSA) is 127 Å². The third-order valence-corrected chi connectivity index (χ3v) is 7.62. The SMILES string of the molecule is CCS(=O)(=O)NC1CC2CN(C(=O)Nc3cccc(OC)c3)CC2(c2nc(C)no2)C1. The number of hydrogen-bond acceptors (Lipinski definition) is 7. The Hall–Kier alpha value is -2.66. The highest BCUT2D eigenvalue weighted by atomic mass is 32.2. The molecule has 2 fully saturated rings. The zero-order chi connectivity index (χ0) is 22.2. The van der Waals surface area contributed by atoms with E-state index in [0.717, 1.165) is 0 Å². The lowest BCUT2D eigenvalue weighted by atomic mass is 9.80. The maximum atomic E-state index is 13.0. The average Bonchev–Trinajstić information content (AvgIpc) is 3.40. The first kappa shape index (κ1) is 21.6. The van der Waals surface area contributed by atoms with Crippen LogP contribution < -0.4 is 14.8 Å². The Bertz CT molecular complexity index is 1070. The maximum absolute atomic E-state index is 13.0. The molecule has 1 aliphatic heterocycles. The van der Waals surface area contributed by atoms with E-state index in [-0.39, 0.29) is 23.7 Å². The van der Waals surface area contributed by atoms with E-state index in [1.54, 1.807) is 50.1 Å². The molecule has 1 aliphatic carbocycles. The predicted molar refractivity (Wildman–Crippen MR) is 113 cm³/mol. The van der Waals surface area contributed by atoms with Gasteiger partial charge in [0.25, 0.3) is 0 Å². The van der Waals surface area contributed by atoms with E-state index in [1.807, 2.05) is 0 Å². The number of amides is 2. The molecule has 2 amide bonds. The molecular formula is C20H27N5O5S. The smallest absolute Gasteiger partial charge is 0.321 e. The molecular weight excluding hydrogens is 422 g/mol. The van der Waals surface area contributed by atoms with Gasteiger partial charge in [0.2, 0.25) is 15.9 Å². The van der Waals surface area contributed by atoms with Gasteiger partial charge in [0.1, 0.15) is 5.75 Å². The van der Waals surface area contributed by atoms with Crippen LogP contribution in [0.5, 0.6) is 5.75 Å². The number of sulfonamides is 1. The first-order chi connectivity index (χ1) is 14.7. The lowest BCUT2D eigenvalue weighted by Gasteiger charge is -2.25. The number of anilines is 1. The lowest BCUT2D eigenvalue weighted by Crippen LogP contribution is -2.41. The van der Waals surface area contributed by atoms with Crippen molar-refractivity contribution in [2.75, 3.05) is 31.3 Å². The number of methoxy groups -OCH3 is 1. The maximum Gasteiger partial charge on any atom is 0.321 e. The van der Waals surface area contributed by atoms with Gasteiger partial charge in [0, 0.05) is 30.9 Å². The van der Waals surface area contributed by atoms with Crippen LogP contribution in [0.25, 0.3) is 0 Å². The summed E-state index contributed by atoms with van der Waals surface area (Å²) in [6.07, 6.45) is 1.10. The fraction of sp³-hybridized carbons (Fsp3) is 0.550. The second-order valence-corrected chi connectivity index (χ2v) is 10.2. The van der Waals surface area contributed by atoms with Gasteiger partial charge in [0.15, 0.2) is 5.82 Å². The fourth-order valence-electron chi connectivity index (χ4n) is 4.69. The van der Waals surface area contributed by atoms with Crippen molar-refractivity contribution in [3.05, 3.63) is 36.0 Å². The molecule has 2 heterocycles. The van der Waals surface area contributed by atoms with Gasteiger partial charge < -0.3 is 19.5 Å². The van der Waals surface area contributed by atoms with E-state index >= 15 is 0 Å². The fourth-order valence-corrected chi connectivity index (χ4v) is 5.54. The molecule has 168 valence electrons. The Morgan fingerprint density at radius 1 is 1.42 bits per heavy atom. The Kier molecular flexibility index (Phi) is 5.65. The molecule has 4 rings (SSSR count). The second kappa shape index (κ2) is 8.12. The van der Waals surface area contributed by atoms with E-state index in [4.69, 9.17) is 9.26 Å². The Morgan fingerprint density at radius 3 is 2.90 bits per heavy atom. The van der Waals surface area contributed by atoms with Crippen LogP contribution in [0, 0.1) is 12.8 Å². The zero-order valence-electron chi connectivity index (χ0n) is 17.8. The van der Waals surface area contributed by atoms with Gasteiger partial charge in [-0.05, 0) is 44.7 Å². The molecule has 11 heteroatoms. The minimum atomic E-state index is -3.34. The number of ether oxygens (including phenoxy) is 1. The van der Waals surface area contributed by atoms with Gasteiger partial charge in [-0.1, -0.05) is 11.2 Å². The minimum Gasteiger partial charge on any atom is -0.497 e.